The Morgan fingerprint density at radius 2 is 1.69 bits per heavy atom. The van der Waals surface area contributed by atoms with Crippen LogP contribution in [-0.2, 0) is 25.6 Å². The maximum Gasteiger partial charge on any atom is 0.247 e. The van der Waals surface area contributed by atoms with Gasteiger partial charge in [-0.2, -0.15) is 0 Å². The molecule has 0 spiro atoms. The fraction of sp³-hybridized carbons (Fsp3) is 0.417. The van der Waals surface area contributed by atoms with Crippen molar-refractivity contribution in [3.05, 3.63) is 59.2 Å². The van der Waals surface area contributed by atoms with E-state index in [1.165, 1.54) is 17.1 Å². The van der Waals surface area contributed by atoms with Crippen molar-refractivity contribution in [3.8, 4) is 0 Å². The van der Waals surface area contributed by atoms with Crippen LogP contribution < -0.4 is 16.4 Å². The standard InChI is InChI=1S/C24H32N4O4/c1-15(2)12-20(29)26-18-10-11-28(21(30)13-16(3)4)22(18)24(32)27-19(23(25)31)14-17-8-6-5-7-9-17/h5-9,12-13,18-19,22H,10-11,14H2,1-4H3,(H2,25,31)(H,26,29)(H,27,32)/t18-,19+,22-/m0/s1. The Hall–Kier alpha value is -3.42. The highest BCUT2D eigenvalue weighted by Crippen LogP contribution is 2.20. The second-order valence-electron chi connectivity index (χ2n) is 8.48. The van der Waals surface area contributed by atoms with Crippen LogP contribution in [0.2, 0.25) is 0 Å². The Labute approximate surface area is 188 Å². The van der Waals surface area contributed by atoms with Crippen LogP contribution in [0.1, 0.15) is 39.7 Å². The average Bonchev–Trinajstić information content (AvgIpc) is 3.10. The lowest BCUT2D eigenvalue weighted by atomic mass is 10.0. The number of nitrogens with one attached hydrogen (secondary N) is 2. The molecule has 0 bridgehead atoms. The summed E-state index contributed by atoms with van der Waals surface area (Å²) in [6.45, 7) is 7.48. The Kier molecular flexibility index (Phi) is 8.75. The minimum absolute atomic E-state index is 0.228. The van der Waals surface area contributed by atoms with Gasteiger partial charge in [0, 0.05) is 25.1 Å². The van der Waals surface area contributed by atoms with Crippen molar-refractivity contribution in [3.63, 3.8) is 0 Å². The van der Waals surface area contributed by atoms with E-state index < -0.39 is 29.9 Å². The fourth-order valence-electron chi connectivity index (χ4n) is 3.66. The molecule has 4 N–H and O–H groups in total. The van der Waals surface area contributed by atoms with Crippen LogP contribution >= 0.6 is 0 Å². The summed E-state index contributed by atoms with van der Waals surface area (Å²) in [5.74, 6) is -1.85. The van der Waals surface area contributed by atoms with E-state index in [1.54, 1.807) is 27.7 Å². The van der Waals surface area contributed by atoms with Gasteiger partial charge in [0.15, 0.2) is 0 Å². The Bertz CT molecular complexity index is 915. The molecule has 0 aromatic heterocycles. The van der Waals surface area contributed by atoms with Gasteiger partial charge in [0.25, 0.3) is 0 Å². The van der Waals surface area contributed by atoms with Crippen LogP contribution in [-0.4, -0.2) is 53.2 Å². The second kappa shape index (κ2) is 11.3. The van der Waals surface area contributed by atoms with E-state index in [1.807, 2.05) is 30.3 Å². The highest BCUT2D eigenvalue weighted by atomic mass is 16.2. The van der Waals surface area contributed by atoms with Crippen LogP contribution in [0.25, 0.3) is 0 Å². The van der Waals surface area contributed by atoms with E-state index in [-0.39, 0.29) is 18.2 Å². The summed E-state index contributed by atoms with van der Waals surface area (Å²) in [7, 11) is 0. The van der Waals surface area contributed by atoms with Crippen LogP contribution in [0, 0.1) is 0 Å². The van der Waals surface area contributed by atoms with E-state index in [0.29, 0.717) is 13.0 Å². The summed E-state index contributed by atoms with van der Waals surface area (Å²) in [5, 5.41) is 5.52. The fourth-order valence-corrected chi connectivity index (χ4v) is 3.66. The molecule has 8 nitrogen and oxygen atoms in total. The predicted molar refractivity (Wildman–Crippen MR) is 122 cm³/mol. The van der Waals surface area contributed by atoms with Crippen molar-refractivity contribution >= 4 is 23.6 Å². The van der Waals surface area contributed by atoms with Crippen LogP contribution in [0.5, 0.6) is 0 Å². The van der Waals surface area contributed by atoms with Gasteiger partial charge in [-0.05, 0) is 39.7 Å². The monoisotopic (exact) mass is 440 g/mol. The highest BCUT2D eigenvalue weighted by Gasteiger charge is 2.42. The predicted octanol–water partition coefficient (Wildman–Crippen LogP) is 1.22. The third-order valence-electron chi connectivity index (χ3n) is 5.05. The molecular weight excluding hydrogens is 408 g/mol. The molecule has 1 saturated heterocycles. The van der Waals surface area contributed by atoms with Crippen molar-refractivity contribution in [2.45, 2.75) is 58.7 Å². The quantitative estimate of drug-likeness (QED) is 0.526. The van der Waals surface area contributed by atoms with E-state index >= 15 is 0 Å². The van der Waals surface area contributed by atoms with E-state index in [2.05, 4.69) is 10.6 Å². The molecule has 172 valence electrons. The SMILES string of the molecule is CC(C)=CC(=O)N[C@H]1CCN(C(=O)C=C(C)C)[C@@H]1C(=O)N[C@H](Cc1ccccc1)C(N)=O. The summed E-state index contributed by atoms with van der Waals surface area (Å²) in [6.07, 6.45) is 3.54. The van der Waals surface area contributed by atoms with Gasteiger partial charge in [0.2, 0.25) is 23.6 Å². The molecule has 1 aliphatic rings. The van der Waals surface area contributed by atoms with Crippen molar-refractivity contribution < 1.29 is 19.2 Å². The van der Waals surface area contributed by atoms with Crippen LogP contribution in [0.15, 0.2) is 53.6 Å². The Morgan fingerprint density at radius 3 is 2.25 bits per heavy atom. The molecule has 4 amide bonds. The van der Waals surface area contributed by atoms with Gasteiger partial charge < -0.3 is 21.3 Å². The summed E-state index contributed by atoms with van der Waals surface area (Å²) in [4.78, 5) is 51.8. The minimum Gasteiger partial charge on any atom is -0.368 e. The number of rotatable bonds is 8. The summed E-state index contributed by atoms with van der Waals surface area (Å²) < 4.78 is 0. The Morgan fingerprint density at radius 1 is 1.06 bits per heavy atom. The molecule has 1 fully saturated rings. The van der Waals surface area contributed by atoms with E-state index in [4.69, 9.17) is 5.73 Å². The van der Waals surface area contributed by atoms with Gasteiger partial charge in [0.1, 0.15) is 12.1 Å². The number of carbonyl (C=O) groups excluding carboxylic acids is 4. The lowest BCUT2D eigenvalue weighted by molar-refractivity contribution is -0.137. The topological polar surface area (TPSA) is 122 Å². The van der Waals surface area contributed by atoms with Crippen LogP contribution in [0.4, 0.5) is 0 Å². The van der Waals surface area contributed by atoms with Crippen molar-refractivity contribution in [2.75, 3.05) is 6.54 Å². The largest absolute Gasteiger partial charge is 0.368 e. The molecule has 0 aliphatic carbocycles. The average molecular weight is 441 g/mol. The van der Waals surface area contributed by atoms with Gasteiger partial charge in [-0.15, -0.1) is 0 Å². The number of nitrogens with two attached hydrogens (primary N) is 1. The maximum absolute atomic E-state index is 13.3. The normalized spacial score (nSPS) is 18.3. The summed E-state index contributed by atoms with van der Waals surface area (Å²) in [6, 6.07) is 6.71. The first-order valence-corrected chi connectivity index (χ1v) is 10.6. The van der Waals surface area contributed by atoms with Crippen molar-refractivity contribution in [1.82, 2.24) is 15.5 Å². The summed E-state index contributed by atoms with van der Waals surface area (Å²) in [5.41, 5.74) is 7.99. The van der Waals surface area contributed by atoms with Crippen molar-refractivity contribution in [1.29, 1.82) is 0 Å². The highest BCUT2D eigenvalue weighted by molar-refractivity contribution is 5.97. The first-order valence-electron chi connectivity index (χ1n) is 10.6. The lowest BCUT2D eigenvalue weighted by Gasteiger charge is -2.28. The molecule has 32 heavy (non-hydrogen) atoms. The zero-order valence-electron chi connectivity index (χ0n) is 19.1. The molecule has 1 aliphatic heterocycles. The van der Waals surface area contributed by atoms with Gasteiger partial charge in [0.05, 0.1) is 6.04 Å². The minimum atomic E-state index is -0.953. The lowest BCUT2D eigenvalue weighted by Crippen LogP contribution is -2.58. The second-order valence-corrected chi connectivity index (χ2v) is 8.48. The molecule has 0 saturated carbocycles. The molecule has 3 atom stereocenters. The molecule has 1 aromatic carbocycles. The maximum atomic E-state index is 13.3. The third-order valence-corrected chi connectivity index (χ3v) is 5.05. The van der Waals surface area contributed by atoms with Gasteiger partial charge in [-0.25, -0.2) is 0 Å². The van der Waals surface area contributed by atoms with Crippen molar-refractivity contribution in [2.24, 2.45) is 5.73 Å². The number of amides is 4. The molecule has 0 unspecified atom stereocenters. The first kappa shape index (κ1) is 24.8. The van der Waals surface area contributed by atoms with Gasteiger partial charge >= 0.3 is 0 Å². The Balaban J connectivity index is 2.26. The third kappa shape index (κ3) is 7.08. The van der Waals surface area contributed by atoms with Crippen LogP contribution in [0.3, 0.4) is 0 Å². The molecule has 2 rings (SSSR count). The number of hydrogen-bond donors (Lipinski definition) is 3. The zero-order valence-corrected chi connectivity index (χ0v) is 19.1. The van der Waals surface area contributed by atoms with Gasteiger partial charge in [-0.1, -0.05) is 41.5 Å². The number of allylic oxidation sites excluding steroid dienone is 2. The molecule has 0 radical (unpaired) electrons. The number of nitrogens with zero attached hydrogens (tertiary/aromatic N) is 1. The first-order chi connectivity index (χ1) is 15.1. The number of carbonyl (C=O) groups is 4. The number of primary amides is 1. The summed E-state index contributed by atoms with van der Waals surface area (Å²) >= 11 is 0. The van der Waals surface area contributed by atoms with E-state index in [0.717, 1.165) is 16.7 Å². The van der Waals surface area contributed by atoms with Gasteiger partial charge in [-0.3, -0.25) is 19.2 Å². The number of hydrogen-bond acceptors (Lipinski definition) is 4. The smallest absolute Gasteiger partial charge is 0.247 e. The van der Waals surface area contributed by atoms with E-state index in [9.17, 15) is 19.2 Å². The number of likely N-dealkylation sites (tertiary alicyclic amines) is 1. The number of benzene rings is 1. The molecule has 1 heterocycles. The molecule has 8 heteroatoms. The molecule has 1 aromatic rings. The zero-order chi connectivity index (χ0) is 23.8. The molecular formula is C24H32N4O4.